The van der Waals surface area contributed by atoms with Gasteiger partial charge in [-0.15, -0.1) is 0 Å². The minimum Gasteiger partial charge on any atom is -0.479 e. The first kappa shape index (κ1) is 15.8. The maximum atomic E-state index is 12.3. The van der Waals surface area contributed by atoms with Crippen LogP contribution >= 0.6 is 0 Å². The van der Waals surface area contributed by atoms with Gasteiger partial charge in [-0.05, 0) is 19.1 Å². The van der Waals surface area contributed by atoms with Gasteiger partial charge in [0.1, 0.15) is 11.4 Å². The highest BCUT2D eigenvalue weighted by molar-refractivity contribution is 6.00. The van der Waals surface area contributed by atoms with Crippen LogP contribution in [0.5, 0.6) is 5.75 Å². The molecule has 1 aromatic heterocycles. The fraction of sp³-hybridized carbons (Fsp3) is 0.235. The number of hydrogen-bond donors (Lipinski definition) is 2. The Morgan fingerprint density at radius 1 is 1.29 bits per heavy atom. The van der Waals surface area contributed by atoms with Crippen LogP contribution in [-0.4, -0.2) is 29.4 Å². The van der Waals surface area contributed by atoms with E-state index in [1.54, 1.807) is 19.1 Å². The van der Waals surface area contributed by atoms with Gasteiger partial charge in [0, 0.05) is 31.4 Å². The highest BCUT2D eigenvalue weighted by Crippen LogP contribution is 2.33. The van der Waals surface area contributed by atoms with Crippen LogP contribution < -0.4 is 20.4 Å². The maximum absolute atomic E-state index is 12.3. The number of nitrogens with zero attached hydrogens (tertiary/aromatic N) is 1. The van der Waals surface area contributed by atoms with E-state index in [0.29, 0.717) is 11.4 Å². The van der Waals surface area contributed by atoms with Crippen LogP contribution in [0.4, 0.5) is 11.4 Å². The first-order valence-electron chi connectivity index (χ1n) is 7.60. The van der Waals surface area contributed by atoms with Crippen molar-refractivity contribution in [2.24, 2.45) is 0 Å². The highest BCUT2D eigenvalue weighted by atomic mass is 16.5. The van der Waals surface area contributed by atoms with Crippen molar-refractivity contribution in [1.29, 1.82) is 0 Å². The van der Waals surface area contributed by atoms with Crippen molar-refractivity contribution in [3.63, 3.8) is 0 Å². The molecule has 0 radical (unpaired) electrons. The SMILES string of the molecule is C[C@@H]1Oc2ccccc2N(CCC(=O)Nc2c[nH]ccc2=O)C1=O. The molecule has 24 heavy (non-hydrogen) atoms. The molecule has 0 unspecified atom stereocenters. The van der Waals surface area contributed by atoms with Crippen LogP contribution in [0.15, 0.2) is 47.5 Å². The second kappa shape index (κ2) is 6.57. The van der Waals surface area contributed by atoms with Gasteiger partial charge in [-0.1, -0.05) is 12.1 Å². The summed E-state index contributed by atoms with van der Waals surface area (Å²) in [6.07, 6.45) is 2.39. The van der Waals surface area contributed by atoms with Gasteiger partial charge in [0.15, 0.2) is 6.10 Å². The van der Waals surface area contributed by atoms with E-state index in [1.807, 2.05) is 12.1 Å². The zero-order valence-corrected chi connectivity index (χ0v) is 13.1. The van der Waals surface area contributed by atoms with Crippen LogP contribution in [-0.2, 0) is 9.59 Å². The summed E-state index contributed by atoms with van der Waals surface area (Å²) >= 11 is 0. The van der Waals surface area contributed by atoms with E-state index >= 15 is 0 Å². The molecule has 2 N–H and O–H groups in total. The first-order chi connectivity index (χ1) is 11.6. The molecule has 0 spiro atoms. The van der Waals surface area contributed by atoms with Gasteiger partial charge in [-0.3, -0.25) is 14.4 Å². The summed E-state index contributed by atoms with van der Waals surface area (Å²) in [7, 11) is 0. The zero-order valence-electron chi connectivity index (χ0n) is 13.1. The molecule has 2 aromatic rings. The summed E-state index contributed by atoms with van der Waals surface area (Å²) in [5.74, 6) is 0.0831. The summed E-state index contributed by atoms with van der Waals surface area (Å²) in [5, 5.41) is 2.55. The van der Waals surface area contributed by atoms with Gasteiger partial charge < -0.3 is 19.9 Å². The Kier molecular flexibility index (Phi) is 4.33. The van der Waals surface area contributed by atoms with Gasteiger partial charge in [-0.25, -0.2) is 0 Å². The maximum Gasteiger partial charge on any atom is 0.267 e. The number of carbonyl (C=O) groups is 2. The second-order valence-electron chi connectivity index (χ2n) is 5.44. The number of anilines is 2. The van der Waals surface area contributed by atoms with Crippen molar-refractivity contribution in [3.05, 3.63) is 52.9 Å². The monoisotopic (exact) mass is 327 g/mol. The Hall–Kier alpha value is -3.09. The largest absolute Gasteiger partial charge is 0.479 e. The number of rotatable bonds is 4. The van der Waals surface area contributed by atoms with Gasteiger partial charge >= 0.3 is 0 Å². The van der Waals surface area contributed by atoms with Gasteiger partial charge in [-0.2, -0.15) is 0 Å². The van der Waals surface area contributed by atoms with Crippen LogP contribution in [0.3, 0.4) is 0 Å². The Morgan fingerprint density at radius 2 is 2.08 bits per heavy atom. The minimum absolute atomic E-state index is 0.0706. The van der Waals surface area contributed by atoms with Crippen molar-refractivity contribution in [3.8, 4) is 5.75 Å². The molecular formula is C17H17N3O4. The number of amides is 2. The number of nitrogens with one attached hydrogen (secondary N) is 2. The molecular weight excluding hydrogens is 310 g/mol. The van der Waals surface area contributed by atoms with Crippen molar-refractivity contribution in [1.82, 2.24) is 4.98 Å². The summed E-state index contributed by atoms with van der Waals surface area (Å²) in [6.45, 7) is 1.88. The number of para-hydroxylation sites is 2. The van der Waals surface area contributed by atoms with E-state index in [4.69, 9.17) is 4.74 Å². The smallest absolute Gasteiger partial charge is 0.267 e. The lowest BCUT2D eigenvalue weighted by molar-refractivity contribution is -0.125. The standard InChI is InChI=1S/C17H17N3O4/c1-11-17(23)20(13-4-2-3-5-15(13)24-11)9-7-16(22)19-12-10-18-8-6-14(12)21/h2-6,8,10-11H,7,9H2,1H3,(H,18,21)(H,19,22)/t11-/m0/s1. The van der Waals surface area contributed by atoms with Crippen molar-refractivity contribution in [2.45, 2.75) is 19.4 Å². The van der Waals surface area contributed by atoms with Crippen molar-refractivity contribution < 1.29 is 14.3 Å². The number of aromatic nitrogens is 1. The number of benzene rings is 1. The molecule has 0 bridgehead atoms. The summed E-state index contributed by atoms with van der Waals surface area (Å²) in [6, 6.07) is 8.53. The topological polar surface area (TPSA) is 91.5 Å². The normalized spacial score (nSPS) is 16.3. The molecule has 0 aliphatic carbocycles. The van der Waals surface area contributed by atoms with E-state index in [0.717, 1.165) is 0 Å². The number of carbonyl (C=O) groups excluding carboxylic acids is 2. The average Bonchev–Trinajstić information content (AvgIpc) is 2.57. The molecule has 1 atom stereocenters. The Balaban J connectivity index is 1.70. The molecule has 7 heteroatoms. The molecule has 2 heterocycles. The van der Waals surface area contributed by atoms with Gasteiger partial charge in [0.2, 0.25) is 11.3 Å². The quantitative estimate of drug-likeness (QED) is 0.890. The number of H-pyrrole nitrogens is 1. The number of hydrogen-bond acceptors (Lipinski definition) is 4. The van der Waals surface area contributed by atoms with E-state index in [2.05, 4.69) is 10.3 Å². The molecule has 3 rings (SSSR count). The van der Waals surface area contributed by atoms with Crippen LogP contribution in [0.25, 0.3) is 0 Å². The second-order valence-corrected chi connectivity index (χ2v) is 5.44. The number of ether oxygens (including phenoxy) is 1. The molecule has 2 amide bonds. The zero-order chi connectivity index (χ0) is 17.1. The predicted octanol–water partition coefficient (Wildman–Crippen LogP) is 1.52. The van der Waals surface area contributed by atoms with E-state index in [9.17, 15) is 14.4 Å². The molecule has 0 saturated carbocycles. The number of fused-ring (bicyclic) bond motifs is 1. The lowest BCUT2D eigenvalue weighted by Gasteiger charge is -2.32. The average molecular weight is 327 g/mol. The molecule has 124 valence electrons. The fourth-order valence-corrected chi connectivity index (χ4v) is 2.53. The van der Waals surface area contributed by atoms with E-state index in [-0.39, 0.29) is 35.9 Å². The van der Waals surface area contributed by atoms with Crippen molar-refractivity contribution >= 4 is 23.2 Å². The predicted molar refractivity (Wildman–Crippen MR) is 89.2 cm³/mol. The summed E-state index contributed by atoms with van der Waals surface area (Å²) in [5.41, 5.74) is 0.555. The number of pyridine rings is 1. The van der Waals surface area contributed by atoms with Crippen LogP contribution in [0, 0.1) is 0 Å². The summed E-state index contributed by atoms with van der Waals surface area (Å²) in [4.78, 5) is 40.3. The Labute approximate surface area is 138 Å². The third-order valence-electron chi connectivity index (χ3n) is 3.73. The highest BCUT2D eigenvalue weighted by Gasteiger charge is 2.31. The van der Waals surface area contributed by atoms with Crippen LogP contribution in [0.1, 0.15) is 13.3 Å². The molecule has 1 aliphatic rings. The molecule has 0 fully saturated rings. The molecule has 0 saturated heterocycles. The third kappa shape index (κ3) is 3.15. The van der Waals surface area contributed by atoms with Gasteiger partial charge in [0.05, 0.1) is 5.69 Å². The lowest BCUT2D eigenvalue weighted by Crippen LogP contribution is -2.45. The minimum atomic E-state index is -0.597. The van der Waals surface area contributed by atoms with E-state index < -0.39 is 6.10 Å². The van der Waals surface area contributed by atoms with E-state index in [1.165, 1.54) is 23.4 Å². The summed E-state index contributed by atoms with van der Waals surface area (Å²) < 4.78 is 5.56. The fourth-order valence-electron chi connectivity index (χ4n) is 2.53. The van der Waals surface area contributed by atoms with Gasteiger partial charge in [0.25, 0.3) is 5.91 Å². The Morgan fingerprint density at radius 3 is 2.88 bits per heavy atom. The first-order valence-corrected chi connectivity index (χ1v) is 7.60. The third-order valence-corrected chi connectivity index (χ3v) is 3.73. The number of aromatic amines is 1. The molecule has 1 aromatic carbocycles. The van der Waals surface area contributed by atoms with Crippen molar-refractivity contribution in [2.75, 3.05) is 16.8 Å². The Bertz CT molecular complexity index is 830. The lowest BCUT2D eigenvalue weighted by atomic mass is 10.1. The molecule has 7 nitrogen and oxygen atoms in total. The molecule has 1 aliphatic heterocycles. The van der Waals surface area contributed by atoms with Crippen LogP contribution in [0.2, 0.25) is 0 Å².